The number of amides is 1. The summed E-state index contributed by atoms with van der Waals surface area (Å²) >= 11 is 1.41. The number of halogens is 1. The van der Waals surface area contributed by atoms with Crippen molar-refractivity contribution < 1.29 is 9.18 Å². The van der Waals surface area contributed by atoms with Gasteiger partial charge in [-0.25, -0.2) is 4.39 Å². The van der Waals surface area contributed by atoms with Gasteiger partial charge in [-0.1, -0.05) is 17.7 Å². The molecule has 0 fully saturated rings. The van der Waals surface area contributed by atoms with Gasteiger partial charge in [0.2, 0.25) is 5.91 Å². The molecule has 0 spiro atoms. The van der Waals surface area contributed by atoms with Crippen molar-refractivity contribution in [2.45, 2.75) is 11.8 Å². The van der Waals surface area contributed by atoms with Crippen LogP contribution in [0.2, 0.25) is 0 Å². The molecular weight excluding hydrogens is 275 g/mol. The molecule has 2 rings (SSSR count). The van der Waals surface area contributed by atoms with Gasteiger partial charge >= 0.3 is 0 Å². The summed E-state index contributed by atoms with van der Waals surface area (Å²) < 4.78 is 13.5. The van der Waals surface area contributed by atoms with E-state index in [0.717, 1.165) is 10.5 Å². The van der Waals surface area contributed by atoms with Crippen LogP contribution in [0.4, 0.5) is 15.8 Å². The van der Waals surface area contributed by atoms with E-state index >= 15 is 0 Å². The van der Waals surface area contributed by atoms with Gasteiger partial charge in [0.15, 0.2) is 0 Å². The highest BCUT2D eigenvalue weighted by atomic mass is 32.2. The first-order chi connectivity index (χ1) is 9.54. The molecule has 0 bridgehead atoms. The minimum Gasteiger partial charge on any atom is -0.399 e. The molecule has 0 aliphatic carbocycles. The molecule has 3 nitrogen and oxygen atoms in total. The molecule has 0 atom stereocenters. The maximum absolute atomic E-state index is 13.5. The summed E-state index contributed by atoms with van der Waals surface area (Å²) in [6, 6.07) is 12.0. The summed E-state index contributed by atoms with van der Waals surface area (Å²) in [5.41, 5.74) is 7.22. The number of thioether (sulfide) groups is 1. The quantitative estimate of drug-likeness (QED) is 0.670. The molecule has 0 unspecified atom stereocenters. The molecule has 20 heavy (non-hydrogen) atoms. The standard InChI is InChI=1S/C15H15FN2OS/c1-10-3-2-4-12(7-10)20-9-15(19)18-14-8-11(17)5-6-13(14)16/h2-8H,9,17H2,1H3,(H,18,19). The molecule has 0 aromatic heterocycles. The van der Waals surface area contributed by atoms with Gasteiger partial charge in [0.05, 0.1) is 11.4 Å². The summed E-state index contributed by atoms with van der Waals surface area (Å²) in [5, 5.41) is 2.52. The maximum Gasteiger partial charge on any atom is 0.234 e. The first kappa shape index (κ1) is 14.4. The van der Waals surface area contributed by atoms with Crippen molar-refractivity contribution in [1.29, 1.82) is 0 Å². The van der Waals surface area contributed by atoms with Crippen LogP contribution in [-0.2, 0) is 4.79 Å². The first-order valence-corrected chi connectivity index (χ1v) is 7.07. The molecule has 0 heterocycles. The molecule has 0 saturated heterocycles. The van der Waals surface area contributed by atoms with E-state index in [2.05, 4.69) is 5.32 Å². The average Bonchev–Trinajstić information content (AvgIpc) is 2.41. The lowest BCUT2D eigenvalue weighted by Gasteiger charge is -2.07. The number of nitrogens with one attached hydrogen (secondary N) is 1. The van der Waals surface area contributed by atoms with Crippen LogP contribution >= 0.6 is 11.8 Å². The second kappa shape index (κ2) is 6.43. The van der Waals surface area contributed by atoms with E-state index in [-0.39, 0.29) is 17.3 Å². The Bertz CT molecular complexity index is 631. The predicted molar refractivity (Wildman–Crippen MR) is 81.3 cm³/mol. The zero-order valence-electron chi connectivity index (χ0n) is 11.0. The molecule has 2 aromatic carbocycles. The lowest BCUT2D eigenvalue weighted by atomic mass is 10.2. The molecule has 3 N–H and O–H groups in total. The van der Waals surface area contributed by atoms with Crippen molar-refractivity contribution in [2.75, 3.05) is 16.8 Å². The average molecular weight is 290 g/mol. The van der Waals surface area contributed by atoms with Gasteiger partial charge in [-0.3, -0.25) is 4.79 Å². The molecular formula is C15H15FN2OS. The predicted octanol–water partition coefficient (Wildman–Crippen LogP) is 3.45. The first-order valence-electron chi connectivity index (χ1n) is 6.09. The Labute approximate surface area is 121 Å². The molecule has 104 valence electrons. The fourth-order valence-corrected chi connectivity index (χ4v) is 2.49. The van der Waals surface area contributed by atoms with Crippen LogP contribution < -0.4 is 11.1 Å². The Morgan fingerprint density at radius 2 is 2.10 bits per heavy atom. The van der Waals surface area contributed by atoms with E-state index in [1.54, 1.807) is 0 Å². The fourth-order valence-electron chi connectivity index (χ4n) is 1.68. The fraction of sp³-hybridized carbons (Fsp3) is 0.133. The van der Waals surface area contributed by atoms with E-state index in [1.165, 1.54) is 30.0 Å². The van der Waals surface area contributed by atoms with Crippen LogP contribution in [0.15, 0.2) is 47.4 Å². The van der Waals surface area contributed by atoms with Gasteiger partial charge in [0.25, 0.3) is 0 Å². The topological polar surface area (TPSA) is 55.1 Å². The van der Waals surface area contributed by atoms with Crippen molar-refractivity contribution in [2.24, 2.45) is 0 Å². The van der Waals surface area contributed by atoms with Gasteiger partial charge in [0, 0.05) is 10.6 Å². The van der Waals surface area contributed by atoms with Crippen LogP contribution in [0, 0.1) is 12.7 Å². The minimum atomic E-state index is -0.492. The number of anilines is 2. The highest BCUT2D eigenvalue weighted by Crippen LogP contribution is 2.21. The van der Waals surface area contributed by atoms with Gasteiger partial charge < -0.3 is 11.1 Å². The zero-order chi connectivity index (χ0) is 14.5. The second-order valence-electron chi connectivity index (χ2n) is 4.39. The van der Waals surface area contributed by atoms with Crippen LogP contribution in [0.25, 0.3) is 0 Å². The molecule has 2 aromatic rings. The molecule has 0 saturated carbocycles. The Morgan fingerprint density at radius 3 is 2.85 bits per heavy atom. The third-order valence-corrected chi connectivity index (χ3v) is 3.62. The normalized spacial score (nSPS) is 10.3. The minimum absolute atomic E-state index is 0.111. The van der Waals surface area contributed by atoms with Crippen molar-refractivity contribution in [3.63, 3.8) is 0 Å². The van der Waals surface area contributed by atoms with Crippen molar-refractivity contribution in [3.8, 4) is 0 Å². The monoisotopic (exact) mass is 290 g/mol. The SMILES string of the molecule is Cc1cccc(SCC(=O)Nc2cc(N)ccc2F)c1. The third-order valence-electron chi connectivity index (χ3n) is 2.62. The van der Waals surface area contributed by atoms with Crippen LogP contribution in [0.1, 0.15) is 5.56 Å². The molecule has 5 heteroatoms. The number of carbonyl (C=O) groups is 1. The number of hydrogen-bond acceptors (Lipinski definition) is 3. The van der Waals surface area contributed by atoms with E-state index in [4.69, 9.17) is 5.73 Å². The van der Waals surface area contributed by atoms with Gasteiger partial charge in [-0.2, -0.15) is 0 Å². The molecule has 0 radical (unpaired) electrons. The summed E-state index contributed by atoms with van der Waals surface area (Å²) in [6.07, 6.45) is 0. The smallest absolute Gasteiger partial charge is 0.234 e. The Hall–Kier alpha value is -2.01. The lowest BCUT2D eigenvalue weighted by molar-refractivity contribution is -0.113. The summed E-state index contributed by atoms with van der Waals surface area (Å²) in [7, 11) is 0. The summed E-state index contributed by atoms with van der Waals surface area (Å²) in [5.74, 6) is -0.536. The van der Waals surface area contributed by atoms with Crippen molar-refractivity contribution in [1.82, 2.24) is 0 Å². The number of nitrogen functional groups attached to an aromatic ring is 1. The van der Waals surface area contributed by atoms with Gasteiger partial charge in [-0.15, -0.1) is 11.8 Å². The number of carbonyl (C=O) groups excluding carboxylic acids is 1. The Morgan fingerprint density at radius 1 is 1.30 bits per heavy atom. The van der Waals surface area contributed by atoms with Crippen molar-refractivity contribution in [3.05, 3.63) is 53.8 Å². The van der Waals surface area contributed by atoms with Gasteiger partial charge in [-0.05, 0) is 37.3 Å². The summed E-state index contributed by atoms with van der Waals surface area (Å²) in [4.78, 5) is 12.8. The second-order valence-corrected chi connectivity index (χ2v) is 5.44. The number of rotatable bonds is 4. The number of benzene rings is 2. The third kappa shape index (κ3) is 3.99. The van der Waals surface area contributed by atoms with E-state index in [0.29, 0.717) is 5.69 Å². The van der Waals surface area contributed by atoms with Crippen LogP contribution in [0.5, 0.6) is 0 Å². The Balaban J connectivity index is 1.94. The number of aryl methyl sites for hydroxylation is 1. The number of hydrogen-bond donors (Lipinski definition) is 2. The van der Waals surface area contributed by atoms with Crippen LogP contribution in [0.3, 0.4) is 0 Å². The number of nitrogens with two attached hydrogens (primary N) is 1. The van der Waals surface area contributed by atoms with E-state index in [9.17, 15) is 9.18 Å². The molecule has 0 aliphatic heterocycles. The van der Waals surface area contributed by atoms with E-state index < -0.39 is 5.82 Å². The largest absolute Gasteiger partial charge is 0.399 e. The van der Waals surface area contributed by atoms with E-state index in [1.807, 2.05) is 31.2 Å². The molecule has 1 amide bonds. The Kier molecular flexibility index (Phi) is 4.63. The molecule has 0 aliphatic rings. The highest BCUT2D eigenvalue weighted by Gasteiger charge is 2.08. The van der Waals surface area contributed by atoms with Crippen LogP contribution in [-0.4, -0.2) is 11.7 Å². The van der Waals surface area contributed by atoms with Gasteiger partial charge in [0.1, 0.15) is 5.82 Å². The zero-order valence-corrected chi connectivity index (χ0v) is 11.8. The van der Waals surface area contributed by atoms with Crippen molar-refractivity contribution >= 4 is 29.0 Å². The summed E-state index contributed by atoms with van der Waals surface area (Å²) in [6.45, 7) is 1.99. The maximum atomic E-state index is 13.5. The lowest BCUT2D eigenvalue weighted by Crippen LogP contribution is -2.15. The highest BCUT2D eigenvalue weighted by molar-refractivity contribution is 8.00.